The molecule has 5 rings (SSSR count). The molecule has 0 aromatic heterocycles. The van der Waals surface area contributed by atoms with Crippen molar-refractivity contribution in [3.8, 4) is 34.5 Å². The van der Waals surface area contributed by atoms with Crippen molar-refractivity contribution in [2.24, 2.45) is 20.6 Å². The molecule has 0 saturated heterocycles. The molecule has 230 valence electrons. The highest BCUT2D eigenvalue weighted by Gasteiger charge is 2.10. The predicted octanol–water partition coefficient (Wildman–Crippen LogP) is 3.64. The van der Waals surface area contributed by atoms with Crippen LogP contribution >= 0.6 is 0 Å². The molecule has 14 heteroatoms. The van der Waals surface area contributed by atoms with E-state index in [9.17, 15) is 20.4 Å². The Morgan fingerprint density at radius 2 is 0.773 bits per heavy atom. The maximum atomic E-state index is 10.5. The van der Waals surface area contributed by atoms with Gasteiger partial charge in [0, 0.05) is 22.3 Å². The maximum Gasteiger partial charge on any atom is 0.167 e. The first-order chi connectivity index (χ1) is 21.5. The minimum Gasteiger partial charge on any atom is -0.504 e. The van der Waals surface area contributed by atoms with Gasteiger partial charge in [-0.2, -0.15) is 0 Å². The molecule has 2 aliphatic rings. The zero-order valence-electron chi connectivity index (χ0n) is 23.4. The Bertz CT molecular complexity index is 1430. The molecule has 0 aliphatic carbocycles. The van der Waals surface area contributed by atoms with Crippen molar-refractivity contribution in [3.05, 3.63) is 82.9 Å². The molecule has 0 fully saturated rings. The molecule has 0 amide bonds. The molecule has 4 N–H and O–H groups in total. The van der Waals surface area contributed by atoms with Crippen LogP contribution in [0, 0.1) is 0 Å². The van der Waals surface area contributed by atoms with E-state index in [1.807, 2.05) is 0 Å². The second-order valence-electron chi connectivity index (χ2n) is 8.69. The number of phenolic OH excluding ortho intramolecular Hbond substituents is 4. The van der Waals surface area contributed by atoms with Crippen molar-refractivity contribution in [3.63, 3.8) is 0 Å². The zero-order valence-corrected chi connectivity index (χ0v) is 23.4. The lowest BCUT2D eigenvalue weighted by Gasteiger charge is -2.08. The standard InChI is InChI=1S/C30H30N4O10/c35-27-21-5-3-7-25(27)39-11-1-2-12-40-26-8-4-6-22(28(26)36)18-32-42-14-16-44-34-20-24-10-9-23(29(37)30(24)38)19-33-43-15-13-41-31-17-21/h1-10,17-20,35-38H,11-16H2/b2-1?,31-17?,32-18?,33-19-,34-20?. The normalized spacial score (nSPS) is 15.5. The van der Waals surface area contributed by atoms with Crippen LogP contribution in [0.1, 0.15) is 22.3 Å². The smallest absolute Gasteiger partial charge is 0.167 e. The van der Waals surface area contributed by atoms with Crippen LogP contribution < -0.4 is 9.47 Å². The third-order valence-electron chi connectivity index (χ3n) is 5.71. The summed E-state index contributed by atoms with van der Waals surface area (Å²) >= 11 is 0. The fraction of sp³-hybridized carbons (Fsp3) is 0.200. The third-order valence-corrected chi connectivity index (χ3v) is 5.71. The quantitative estimate of drug-likeness (QED) is 0.217. The molecule has 0 unspecified atom stereocenters. The molecule has 6 bridgehead atoms. The molecule has 0 saturated carbocycles. The molecule has 2 aliphatic heterocycles. The lowest BCUT2D eigenvalue weighted by atomic mass is 10.1. The highest BCUT2D eigenvalue weighted by atomic mass is 16.7. The summed E-state index contributed by atoms with van der Waals surface area (Å²) in [6.07, 6.45) is 8.50. The van der Waals surface area contributed by atoms with E-state index in [2.05, 4.69) is 20.6 Å². The predicted molar refractivity (Wildman–Crippen MR) is 160 cm³/mol. The van der Waals surface area contributed by atoms with Gasteiger partial charge in [0.25, 0.3) is 0 Å². The van der Waals surface area contributed by atoms with Crippen molar-refractivity contribution >= 4 is 24.9 Å². The first kappa shape index (κ1) is 31.0. The zero-order chi connectivity index (χ0) is 31.0. The first-order valence-corrected chi connectivity index (χ1v) is 13.3. The average molecular weight is 607 g/mol. The third kappa shape index (κ3) is 9.04. The van der Waals surface area contributed by atoms with Gasteiger partial charge in [-0.05, 0) is 48.6 Å². The van der Waals surface area contributed by atoms with E-state index in [0.29, 0.717) is 11.1 Å². The van der Waals surface area contributed by atoms with Gasteiger partial charge in [-0.25, -0.2) is 0 Å². The number of oxime groups is 4. The van der Waals surface area contributed by atoms with E-state index < -0.39 is 11.5 Å². The molecule has 2 heterocycles. The number of hydrogen-bond donors (Lipinski definition) is 4. The van der Waals surface area contributed by atoms with Crippen LogP contribution in [-0.2, 0) is 19.4 Å². The molecular formula is C30H30N4O10. The second kappa shape index (κ2) is 16.5. The molecule has 0 spiro atoms. The lowest BCUT2D eigenvalue weighted by molar-refractivity contribution is 0.0552. The van der Waals surface area contributed by atoms with Gasteiger partial charge in [0.15, 0.2) is 60.9 Å². The number of aromatic hydroxyl groups is 4. The van der Waals surface area contributed by atoms with E-state index in [0.717, 1.165) is 0 Å². The summed E-state index contributed by atoms with van der Waals surface area (Å²) < 4.78 is 11.2. The van der Waals surface area contributed by atoms with Crippen molar-refractivity contribution in [2.75, 3.05) is 39.6 Å². The number of benzene rings is 3. The fourth-order valence-electron chi connectivity index (χ4n) is 3.49. The summed E-state index contributed by atoms with van der Waals surface area (Å²) in [5.74, 6) is -0.586. The summed E-state index contributed by atoms with van der Waals surface area (Å²) in [4.78, 5) is 20.4. The molecule has 3 aromatic rings. The molecule has 0 atom stereocenters. The van der Waals surface area contributed by atoms with Crippen LogP contribution in [0.15, 0.2) is 81.3 Å². The Labute approximate surface area is 251 Å². The maximum absolute atomic E-state index is 10.5. The van der Waals surface area contributed by atoms with E-state index >= 15 is 0 Å². The molecule has 3 aromatic carbocycles. The topological polar surface area (TPSA) is 186 Å². The van der Waals surface area contributed by atoms with E-state index in [4.69, 9.17) is 28.8 Å². The summed E-state index contributed by atoms with van der Waals surface area (Å²) in [5.41, 5.74) is 1.15. The number of nitrogens with zero attached hydrogens (tertiary/aromatic N) is 4. The molecular weight excluding hydrogens is 576 g/mol. The number of ether oxygens (including phenoxy) is 2. The molecule has 0 radical (unpaired) electrons. The molecule has 14 nitrogen and oxygen atoms in total. The van der Waals surface area contributed by atoms with Gasteiger partial charge in [0.2, 0.25) is 0 Å². The van der Waals surface area contributed by atoms with Crippen LogP contribution in [0.4, 0.5) is 0 Å². The van der Waals surface area contributed by atoms with Crippen LogP contribution in [0.5, 0.6) is 34.5 Å². The summed E-state index contributed by atoms with van der Waals surface area (Å²) in [7, 11) is 0. The second-order valence-corrected chi connectivity index (χ2v) is 8.69. The Morgan fingerprint density at radius 3 is 1.14 bits per heavy atom. The van der Waals surface area contributed by atoms with Crippen molar-refractivity contribution in [1.82, 2.24) is 0 Å². The fourth-order valence-corrected chi connectivity index (χ4v) is 3.49. The van der Waals surface area contributed by atoms with Crippen molar-refractivity contribution in [1.29, 1.82) is 0 Å². The monoisotopic (exact) mass is 606 g/mol. The largest absolute Gasteiger partial charge is 0.504 e. The first-order valence-electron chi connectivity index (χ1n) is 13.3. The minimum absolute atomic E-state index is 0.0356. The number of phenols is 4. The van der Waals surface area contributed by atoms with Gasteiger partial charge in [-0.1, -0.05) is 32.8 Å². The highest BCUT2D eigenvalue weighted by molar-refractivity contribution is 5.91. The van der Waals surface area contributed by atoms with Crippen molar-refractivity contribution in [2.45, 2.75) is 0 Å². The van der Waals surface area contributed by atoms with E-state index in [-0.39, 0.29) is 73.8 Å². The van der Waals surface area contributed by atoms with Gasteiger partial charge in [-0.3, -0.25) is 0 Å². The molecule has 44 heavy (non-hydrogen) atoms. The average Bonchev–Trinajstić information content (AvgIpc) is 3.02. The lowest BCUT2D eigenvalue weighted by Crippen LogP contribution is -2.00. The SMILES string of the molecule is Oc1c2cccc1OCC=CCOc1cccc(c1O)C=NOCCO/N=C\c1ccc(c(O)c1O)C=NOCCON=C2. The number of hydrogen-bond acceptors (Lipinski definition) is 14. The Hall–Kier alpha value is -5.92. The van der Waals surface area contributed by atoms with Crippen molar-refractivity contribution < 1.29 is 49.3 Å². The Morgan fingerprint density at radius 1 is 0.432 bits per heavy atom. The summed E-state index contributed by atoms with van der Waals surface area (Å²) in [5, 5.41) is 56.6. The van der Waals surface area contributed by atoms with Crippen LogP contribution in [0.25, 0.3) is 0 Å². The van der Waals surface area contributed by atoms with E-state index in [1.165, 1.54) is 37.0 Å². The summed E-state index contributed by atoms with van der Waals surface area (Å²) in [6, 6.07) is 12.9. The van der Waals surface area contributed by atoms with Gasteiger partial charge < -0.3 is 49.3 Å². The number of rotatable bonds is 0. The number of fused-ring (bicyclic) bond motifs is 16. The van der Waals surface area contributed by atoms with Gasteiger partial charge >= 0.3 is 0 Å². The number of para-hydroxylation sites is 2. The van der Waals surface area contributed by atoms with Crippen LogP contribution in [0.2, 0.25) is 0 Å². The van der Waals surface area contributed by atoms with Gasteiger partial charge in [0.1, 0.15) is 13.2 Å². The minimum atomic E-state index is -0.425. The summed E-state index contributed by atoms with van der Waals surface area (Å²) in [6.45, 7) is 0.465. The Balaban J connectivity index is 1.43. The van der Waals surface area contributed by atoms with Crippen LogP contribution in [0.3, 0.4) is 0 Å². The van der Waals surface area contributed by atoms with E-state index in [1.54, 1.807) is 48.6 Å². The van der Waals surface area contributed by atoms with Gasteiger partial charge in [-0.15, -0.1) is 0 Å². The van der Waals surface area contributed by atoms with Crippen LogP contribution in [-0.4, -0.2) is 84.9 Å². The highest BCUT2D eigenvalue weighted by Crippen LogP contribution is 2.31. The Kier molecular flexibility index (Phi) is 11.6. The van der Waals surface area contributed by atoms with Gasteiger partial charge in [0.05, 0.1) is 24.9 Å².